The van der Waals surface area contributed by atoms with Crippen molar-refractivity contribution in [3.63, 3.8) is 0 Å². The highest BCUT2D eigenvalue weighted by molar-refractivity contribution is 7.92. The molecule has 0 aromatic heterocycles. The molecule has 1 unspecified atom stereocenters. The largest absolute Gasteiger partial charge is 0.488 e. The molecule has 1 aliphatic heterocycles. The van der Waals surface area contributed by atoms with E-state index in [-0.39, 0.29) is 17.9 Å². The maximum atomic E-state index is 14.5. The van der Waals surface area contributed by atoms with Gasteiger partial charge in [-0.25, -0.2) is 12.8 Å². The SMILES string of the molecule is Cc1cc(C(C)NC(=O)C2=Cc3cc(Cl)ccc3OC2)c(F)cc1NS(C)(=O)=O. The number of rotatable bonds is 5. The lowest BCUT2D eigenvalue weighted by molar-refractivity contribution is -0.118. The number of sulfonamides is 1. The second-order valence-electron chi connectivity index (χ2n) is 6.90. The van der Waals surface area contributed by atoms with Crippen molar-refractivity contribution < 1.29 is 22.3 Å². The first-order valence-corrected chi connectivity index (χ1v) is 11.0. The van der Waals surface area contributed by atoms with Crippen molar-refractivity contribution in [1.82, 2.24) is 5.32 Å². The Morgan fingerprint density at radius 2 is 2.00 bits per heavy atom. The molecular weight excluding hydrogens is 419 g/mol. The van der Waals surface area contributed by atoms with Gasteiger partial charge in [-0.15, -0.1) is 0 Å². The minimum atomic E-state index is -3.53. The zero-order valence-corrected chi connectivity index (χ0v) is 17.6. The van der Waals surface area contributed by atoms with Gasteiger partial charge in [0.15, 0.2) is 0 Å². The Hall–Kier alpha value is -2.58. The highest BCUT2D eigenvalue weighted by atomic mass is 35.5. The zero-order chi connectivity index (χ0) is 21.3. The third kappa shape index (κ3) is 5.07. The molecule has 2 aromatic rings. The Balaban J connectivity index is 1.79. The van der Waals surface area contributed by atoms with E-state index in [1.807, 2.05) is 0 Å². The number of fused-ring (bicyclic) bond motifs is 1. The van der Waals surface area contributed by atoms with E-state index in [0.29, 0.717) is 27.5 Å². The van der Waals surface area contributed by atoms with Crippen molar-refractivity contribution in [2.24, 2.45) is 0 Å². The second-order valence-corrected chi connectivity index (χ2v) is 9.08. The van der Waals surface area contributed by atoms with E-state index >= 15 is 0 Å². The summed E-state index contributed by atoms with van der Waals surface area (Å²) in [5, 5.41) is 3.28. The summed E-state index contributed by atoms with van der Waals surface area (Å²) in [5.74, 6) is -0.381. The third-order valence-electron chi connectivity index (χ3n) is 4.43. The van der Waals surface area contributed by atoms with E-state index in [2.05, 4.69) is 10.0 Å². The van der Waals surface area contributed by atoms with Gasteiger partial charge >= 0.3 is 0 Å². The summed E-state index contributed by atoms with van der Waals surface area (Å²) < 4.78 is 45.2. The van der Waals surface area contributed by atoms with Crippen LogP contribution in [0.2, 0.25) is 5.02 Å². The van der Waals surface area contributed by atoms with Gasteiger partial charge in [-0.2, -0.15) is 0 Å². The molecule has 0 fully saturated rings. The first-order chi connectivity index (χ1) is 13.5. The third-order valence-corrected chi connectivity index (χ3v) is 5.26. The molecule has 0 saturated heterocycles. The van der Waals surface area contributed by atoms with Crippen LogP contribution in [0, 0.1) is 12.7 Å². The van der Waals surface area contributed by atoms with Crippen LogP contribution in [0.1, 0.15) is 29.7 Å². The van der Waals surface area contributed by atoms with Gasteiger partial charge < -0.3 is 10.1 Å². The number of aryl methyl sites for hydroxylation is 1. The van der Waals surface area contributed by atoms with Crippen LogP contribution in [0.15, 0.2) is 35.9 Å². The van der Waals surface area contributed by atoms with E-state index in [0.717, 1.165) is 12.3 Å². The van der Waals surface area contributed by atoms with E-state index < -0.39 is 27.8 Å². The Labute approximate surface area is 173 Å². The number of anilines is 1. The molecule has 1 atom stereocenters. The number of halogens is 2. The van der Waals surface area contributed by atoms with Gasteiger partial charge in [0.25, 0.3) is 5.91 Å². The van der Waals surface area contributed by atoms with Crippen LogP contribution in [-0.2, 0) is 14.8 Å². The Morgan fingerprint density at radius 1 is 1.28 bits per heavy atom. The maximum absolute atomic E-state index is 14.5. The molecule has 1 amide bonds. The standard InChI is InChI=1S/C20H20ClFN2O4S/c1-11-6-16(17(22)9-18(11)24-29(3,26)27)12(2)23-20(25)14-7-13-8-15(21)4-5-19(13)28-10-14/h4-9,12,24H,10H2,1-3H3,(H,23,25). The van der Waals surface area contributed by atoms with Crippen molar-refractivity contribution in [3.05, 3.63) is 63.4 Å². The summed E-state index contributed by atoms with van der Waals surface area (Å²) in [6, 6.07) is 7.10. The smallest absolute Gasteiger partial charge is 0.251 e. The van der Waals surface area contributed by atoms with Crippen molar-refractivity contribution in [2.75, 3.05) is 17.6 Å². The van der Waals surface area contributed by atoms with Crippen molar-refractivity contribution in [2.45, 2.75) is 19.9 Å². The van der Waals surface area contributed by atoms with Gasteiger partial charge in [-0.1, -0.05) is 11.6 Å². The van der Waals surface area contributed by atoms with Crippen molar-refractivity contribution >= 4 is 39.3 Å². The quantitative estimate of drug-likeness (QED) is 0.743. The topological polar surface area (TPSA) is 84.5 Å². The number of benzene rings is 2. The van der Waals surface area contributed by atoms with Gasteiger partial charge in [0, 0.05) is 16.1 Å². The van der Waals surface area contributed by atoms with Gasteiger partial charge in [0.2, 0.25) is 10.0 Å². The molecule has 2 aromatic carbocycles. The fraction of sp³-hybridized carbons (Fsp3) is 0.250. The molecule has 2 N–H and O–H groups in total. The summed E-state index contributed by atoms with van der Waals surface area (Å²) in [7, 11) is -3.53. The molecule has 154 valence electrons. The van der Waals surface area contributed by atoms with Gasteiger partial charge in [0.1, 0.15) is 18.2 Å². The Bertz CT molecular complexity index is 1120. The van der Waals surface area contributed by atoms with Crippen LogP contribution >= 0.6 is 11.6 Å². The molecule has 0 saturated carbocycles. The molecule has 3 rings (SSSR count). The number of nitrogens with one attached hydrogen (secondary N) is 2. The van der Waals surface area contributed by atoms with E-state index in [4.69, 9.17) is 16.3 Å². The molecule has 29 heavy (non-hydrogen) atoms. The van der Waals surface area contributed by atoms with Crippen LogP contribution in [0.4, 0.5) is 10.1 Å². The van der Waals surface area contributed by atoms with Crippen LogP contribution in [0.3, 0.4) is 0 Å². The predicted octanol–water partition coefficient (Wildman–Crippen LogP) is 3.81. The van der Waals surface area contributed by atoms with Crippen LogP contribution in [0.5, 0.6) is 5.75 Å². The zero-order valence-electron chi connectivity index (χ0n) is 16.0. The lowest BCUT2D eigenvalue weighted by atomic mass is 10.0. The average molecular weight is 439 g/mol. The lowest BCUT2D eigenvalue weighted by Gasteiger charge is -2.21. The number of amides is 1. The van der Waals surface area contributed by atoms with Crippen molar-refractivity contribution in [1.29, 1.82) is 0 Å². The van der Waals surface area contributed by atoms with Crippen LogP contribution in [0.25, 0.3) is 6.08 Å². The number of hydrogen-bond acceptors (Lipinski definition) is 4. The molecular formula is C20H20ClFN2O4S. The number of carbonyl (C=O) groups is 1. The van der Waals surface area contributed by atoms with Gasteiger partial charge in [-0.05, 0) is 55.8 Å². The Kier molecular flexibility index (Phi) is 5.86. The van der Waals surface area contributed by atoms with E-state index in [1.165, 1.54) is 6.07 Å². The summed E-state index contributed by atoms with van der Waals surface area (Å²) in [6.45, 7) is 3.39. The minimum Gasteiger partial charge on any atom is -0.488 e. The normalized spacial score (nSPS) is 14.3. The molecule has 1 aliphatic rings. The highest BCUT2D eigenvalue weighted by Gasteiger charge is 2.21. The van der Waals surface area contributed by atoms with Crippen LogP contribution < -0.4 is 14.8 Å². The first kappa shape index (κ1) is 21.1. The molecule has 0 radical (unpaired) electrons. The maximum Gasteiger partial charge on any atom is 0.251 e. The minimum absolute atomic E-state index is 0.0892. The summed E-state index contributed by atoms with van der Waals surface area (Å²) in [4.78, 5) is 12.6. The number of carbonyl (C=O) groups excluding carboxylic acids is 1. The molecule has 1 heterocycles. The lowest BCUT2D eigenvalue weighted by Crippen LogP contribution is -2.31. The van der Waals surface area contributed by atoms with Gasteiger partial charge in [-0.3, -0.25) is 9.52 Å². The Morgan fingerprint density at radius 3 is 2.69 bits per heavy atom. The average Bonchev–Trinajstić information content (AvgIpc) is 2.62. The predicted molar refractivity (Wildman–Crippen MR) is 111 cm³/mol. The van der Waals surface area contributed by atoms with Crippen LogP contribution in [-0.4, -0.2) is 27.2 Å². The second kappa shape index (κ2) is 8.04. The fourth-order valence-corrected chi connectivity index (χ4v) is 3.79. The number of hydrogen-bond donors (Lipinski definition) is 2. The molecule has 0 bridgehead atoms. The van der Waals surface area contributed by atoms with Gasteiger partial charge in [0.05, 0.1) is 23.6 Å². The molecule has 9 heteroatoms. The first-order valence-electron chi connectivity index (χ1n) is 8.75. The highest BCUT2D eigenvalue weighted by Crippen LogP contribution is 2.30. The molecule has 0 aliphatic carbocycles. The monoisotopic (exact) mass is 438 g/mol. The van der Waals surface area contributed by atoms with Crippen molar-refractivity contribution in [3.8, 4) is 5.75 Å². The van der Waals surface area contributed by atoms with E-state index in [1.54, 1.807) is 38.1 Å². The fourth-order valence-electron chi connectivity index (χ4n) is 2.99. The number of ether oxygens (including phenoxy) is 1. The molecule has 6 nitrogen and oxygen atoms in total. The summed E-state index contributed by atoms with van der Waals surface area (Å²) in [6.07, 6.45) is 2.68. The summed E-state index contributed by atoms with van der Waals surface area (Å²) in [5.41, 5.74) is 2.02. The molecule has 0 spiro atoms. The summed E-state index contributed by atoms with van der Waals surface area (Å²) >= 11 is 5.98. The van der Waals surface area contributed by atoms with E-state index in [9.17, 15) is 17.6 Å².